The van der Waals surface area contributed by atoms with Gasteiger partial charge >= 0.3 is 6.18 Å². The number of hydrogen-bond donors (Lipinski definition) is 1. The van der Waals surface area contributed by atoms with Crippen LogP contribution in [0.1, 0.15) is 5.56 Å². The van der Waals surface area contributed by atoms with E-state index >= 15 is 0 Å². The highest BCUT2D eigenvalue weighted by molar-refractivity contribution is 9.11. The first-order valence-corrected chi connectivity index (χ1v) is 11.2. The first-order valence-electron chi connectivity index (χ1n) is 10.4. The molecule has 0 saturated carbocycles. The van der Waals surface area contributed by atoms with E-state index in [-0.39, 0.29) is 5.56 Å². The smallest absolute Gasteiger partial charge is 0.375 e. The van der Waals surface area contributed by atoms with E-state index < -0.39 is 30.2 Å². The fourth-order valence-corrected chi connectivity index (χ4v) is 4.53. The van der Waals surface area contributed by atoms with Crippen LogP contribution in [0.4, 0.5) is 17.6 Å². The van der Waals surface area contributed by atoms with Crippen molar-refractivity contribution in [2.75, 3.05) is 6.54 Å². The predicted molar refractivity (Wildman–Crippen MR) is 125 cm³/mol. The Morgan fingerprint density at radius 3 is 2.50 bits per heavy atom. The van der Waals surface area contributed by atoms with E-state index in [9.17, 15) is 22.7 Å². The van der Waals surface area contributed by atoms with Crippen LogP contribution >= 0.6 is 15.9 Å². The average Bonchev–Trinajstić information content (AvgIpc) is 3.15. The van der Waals surface area contributed by atoms with Crippen molar-refractivity contribution in [3.8, 4) is 5.69 Å². The normalized spacial score (nSPS) is 19.6. The number of alkyl halides is 3. The molecule has 2 bridgehead atoms. The van der Waals surface area contributed by atoms with Crippen LogP contribution in [-0.2, 0) is 5.60 Å². The molecule has 0 radical (unpaired) electrons. The number of nitrogens with zero attached hydrogens (tertiary/aromatic N) is 3. The van der Waals surface area contributed by atoms with Crippen LogP contribution in [0.25, 0.3) is 16.6 Å². The van der Waals surface area contributed by atoms with Crippen LogP contribution in [0.5, 0.6) is 0 Å². The number of hydrogen-bond acceptors (Lipinski definition) is 3. The lowest BCUT2D eigenvalue weighted by molar-refractivity contribution is -0.270. The Balaban J connectivity index is 1.52. The Hall–Kier alpha value is -3.17. The molecule has 0 saturated heterocycles. The highest BCUT2D eigenvalue weighted by atomic mass is 79.9. The zero-order valence-corrected chi connectivity index (χ0v) is 19.1. The number of benzene rings is 2. The highest BCUT2D eigenvalue weighted by Gasteiger charge is 2.56. The minimum absolute atomic E-state index is 0.288. The first kappa shape index (κ1) is 22.6. The molecule has 1 aliphatic carbocycles. The van der Waals surface area contributed by atoms with Crippen molar-refractivity contribution in [3.05, 3.63) is 107 Å². The van der Waals surface area contributed by atoms with E-state index in [0.29, 0.717) is 16.6 Å². The van der Waals surface area contributed by atoms with Gasteiger partial charge in [0.05, 0.1) is 30.0 Å². The first-order chi connectivity index (χ1) is 16.1. The van der Waals surface area contributed by atoms with E-state index in [2.05, 4.69) is 21.0 Å². The average molecular weight is 532 g/mol. The monoisotopic (exact) mass is 531 g/mol. The Morgan fingerprint density at radius 2 is 1.76 bits per heavy atom. The molecule has 3 aromatic rings. The van der Waals surface area contributed by atoms with Gasteiger partial charge in [-0.2, -0.15) is 18.3 Å². The number of allylic oxidation sites excluding steroid dienone is 5. The van der Waals surface area contributed by atoms with Gasteiger partial charge in [0, 0.05) is 16.1 Å². The number of halogens is 5. The molecule has 2 heterocycles. The van der Waals surface area contributed by atoms with Crippen molar-refractivity contribution in [2.24, 2.45) is 0 Å². The van der Waals surface area contributed by atoms with Crippen LogP contribution in [0.2, 0.25) is 0 Å². The summed E-state index contributed by atoms with van der Waals surface area (Å²) in [5.41, 5.74) is -1.45. The molecule has 2 aliphatic rings. The third-order valence-electron chi connectivity index (χ3n) is 5.97. The lowest BCUT2D eigenvalue weighted by Gasteiger charge is -2.39. The van der Waals surface area contributed by atoms with Crippen LogP contribution < -0.4 is 0 Å². The second-order valence-corrected chi connectivity index (χ2v) is 9.11. The Morgan fingerprint density at radius 1 is 1.00 bits per heavy atom. The quantitative estimate of drug-likeness (QED) is 0.427. The van der Waals surface area contributed by atoms with E-state index in [1.807, 2.05) is 18.2 Å². The Labute approximate surface area is 200 Å². The fraction of sp³-hybridized carbons (Fsp3) is 0.160. The van der Waals surface area contributed by atoms with Gasteiger partial charge in [-0.15, -0.1) is 0 Å². The molecule has 0 fully saturated rings. The van der Waals surface area contributed by atoms with E-state index in [4.69, 9.17) is 0 Å². The molecule has 4 nitrogen and oxygen atoms in total. The van der Waals surface area contributed by atoms with Crippen molar-refractivity contribution >= 4 is 26.8 Å². The molecular weight excluding hydrogens is 514 g/mol. The fourth-order valence-electron chi connectivity index (χ4n) is 4.12. The summed E-state index contributed by atoms with van der Waals surface area (Å²) in [6.07, 6.45) is 7.05. The van der Waals surface area contributed by atoms with Crippen LogP contribution in [0.3, 0.4) is 0 Å². The van der Waals surface area contributed by atoms with E-state index in [1.165, 1.54) is 58.2 Å². The van der Waals surface area contributed by atoms with Gasteiger partial charge in [0.1, 0.15) is 5.82 Å². The minimum Gasteiger partial charge on any atom is -0.375 e. The molecule has 0 spiro atoms. The molecule has 5 rings (SSSR count). The van der Waals surface area contributed by atoms with E-state index in [1.54, 1.807) is 18.4 Å². The van der Waals surface area contributed by atoms with Crippen LogP contribution in [-0.4, -0.2) is 38.5 Å². The molecule has 0 amide bonds. The minimum atomic E-state index is -4.94. The summed E-state index contributed by atoms with van der Waals surface area (Å²) in [4.78, 5) is 1.46. The summed E-state index contributed by atoms with van der Waals surface area (Å²) >= 11 is 3.39. The van der Waals surface area contributed by atoms with Gasteiger partial charge in [-0.25, -0.2) is 9.07 Å². The molecule has 1 N–H and O–H groups in total. The zero-order chi connectivity index (χ0) is 24.1. The standard InChI is InChI=1S/C25H18BrF4N3O/c26-19-3-1-16-9-10-32(22(11-16)13-19)15-24(34,25(28,29)30)18-2-8-23-17(12-18)14-31-33(23)21-6-4-20(27)5-7-21/h1-14,22,34H,15H2. The SMILES string of the molecule is OC(CN1C=CC2=CC1C=C(Br)C=C2)(c1ccc2c(cnn2-c2ccc(F)cc2)c1)C(F)(F)F. The molecule has 2 aromatic carbocycles. The molecule has 1 aliphatic heterocycles. The zero-order valence-electron chi connectivity index (χ0n) is 17.5. The molecule has 1 aromatic heterocycles. The van der Waals surface area contributed by atoms with Gasteiger partial charge in [-0.1, -0.05) is 34.1 Å². The van der Waals surface area contributed by atoms with Crippen LogP contribution in [0, 0.1) is 5.82 Å². The third kappa shape index (κ3) is 3.99. The maximum absolute atomic E-state index is 14.3. The molecular formula is C25H18BrF4N3O. The maximum Gasteiger partial charge on any atom is 0.423 e. The summed E-state index contributed by atoms with van der Waals surface area (Å²) in [7, 11) is 0. The highest BCUT2D eigenvalue weighted by Crippen LogP contribution is 2.42. The predicted octanol–water partition coefficient (Wildman–Crippen LogP) is 5.89. The molecule has 174 valence electrons. The molecule has 34 heavy (non-hydrogen) atoms. The Kier molecular flexibility index (Phi) is 5.49. The summed E-state index contributed by atoms with van der Waals surface area (Å²) in [6, 6.07) is 9.19. The van der Waals surface area contributed by atoms with Gasteiger partial charge in [-0.3, -0.25) is 0 Å². The van der Waals surface area contributed by atoms with Crippen LogP contribution in [0.15, 0.2) is 95.3 Å². The number of fused-ring (bicyclic) bond motifs is 2. The maximum atomic E-state index is 14.3. The number of aromatic nitrogens is 2. The number of β-amino-alcohol motifs (C(OH)–C–C–N with tert-alkyl or cyclic N) is 1. The topological polar surface area (TPSA) is 41.3 Å². The Bertz CT molecular complexity index is 1370. The molecule has 9 heteroatoms. The van der Waals surface area contributed by atoms with Gasteiger partial charge in [0.2, 0.25) is 5.60 Å². The molecule has 2 unspecified atom stereocenters. The van der Waals surface area contributed by atoms with Crippen molar-refractivity contribution in [1.82, 2.24) is 14.7 Å². The largest absolute Gasteiger partial charge is 0.423 e. The summed E-state index contributed by atoms with van der Waals surface area (Å²) in [5, 5.41) is 15.7. The lowest BCUT2D eigenvalue weighted by atomic mass is 9.90. The van der Waals surface area contributed by atoms with Crippen molar-refractivity contribution in [3.63, 3.8) is 0 Å². The van der Waals surface area contributed by atoms with Gasteiger partial charge < -0.3 is 10.0 Å². The van der Waals surface area contributed by atoms with Gasteiger partial charge in [0.15, 0.2) is 0 Å². The lowest BCUT2D eigenvalue weighted by Crippen LogP contribution is -2.51. The van der Waals surface area contributed by atoms with Gasteiger partial charge in [-0.05, 0) is 65.8 Å². The summed E-state index contributed by atoms with van der Waals surface area (Å²) in [5.74, 6) is -0.405. The second-order valence-electron chi connectivity index (χ2n) is 8.19. The molecule has 2 atom stereocenters. The summed E-state index contributed by atoms with van der Waals surface area (Å²) in [6.45, 7) is -0.699. The third-order valence-corrected chi connectivity index (χ3v) is 6.50. The van der Waals surface area contributed by atoms with Gasteiger partial charge in [0.25, 0.3) is 0 Å². The number of rotatable bonds is 4. The van der Waals surface area contributed by atoms with Crippen molar-refractivity contribution < 1.29 is 22.7 Å². The number of aliphatic hydroxyl groups is 1. The van der Waals surface area contributed by atoms with Crippen molar-refractivity contribution in [2.45, 2.75) is 17.8 Å². The van der Waals surface area contributed by atoms with E-state index in [0.717, 1.165) is 10.1 Å². The second kappa shape index (κ2) is 8.25. The van der Waals surface area contributed by atoms with Crippen molar-refractivity contribution in [1.29, 1.82) is 0 Å². The summed E-state index contributed by atoms with van der Waals surface area (Å²) < 4.78 is 58.5.